The summed E-state index contributed by atoms with van der Waals surface area (Å²) in [6.07, 6.45) is -1.90. The van der Waals surface area contributed by atoms with Gasteiger partial charge in [-0.2, -0.15) is 4.90 Å². The van der Waals surface area contributed by atoms with E-state index in [4.69, 9.17) is 14.2 Å². The highest BCUT2D eigenvalue weighted by Gasteiger charge is 2.43. The third kappa shape index (κ3) is 11.5. The van der Waals surface area contributed by atoms with Gasteiger partial charge in [0.15, 0.2) is 7.14 Å². The van der Waals surface area contributed by atoms with Gasteiger partial charge >= 0.3 is 39.4 Å². The number of halogens is 2. The SMILES string of the molecule is Cc1ccc([I+]c2cc(Br)ccc2CC(C(=O)OC(C)(C)C)N(C(=O)OC(C)(C)C)C(=O)OC(C)(C)C)cc1. The minimum Gasteiger partial charge on any atom is -0.458 e. The third-order valence-electron chi connectivity index (χ3n) is 4.82. The van der Waals surface area contributed by atoms with Crippen molar-refractivity contribution in [1.29, 1.82) is 0 Å². The molecule has 0 fully saturated rings. The molecule has 0 aromatic heterocycles. The largest absolute Gasteiger partial charge is 0.458 e. The molecule has 0 radical (unpaired) electrons. The molecule has 9 heteroatoms. The molecule has 7 nitrogen and oxygen atoms in total. The Morgan fingerprint density at radius 2 is 1.28 bits per heavy atom. The molecule has 0 aliphatic rings. The van der Waals surface area contributed by atoms with Crippen LogP contribution in [-0.2, 0) is 25.4 Å². The number of carbonyl (C=O) groups is 3. The first-order valence-corrected chi connectivity index (χ1v) is 15.7. The Balaban J connectivity index is 2.61. The second-order valence-corrected chi connectivity index (χ2v) is 16.1. The van der Waals surface area contributed by atoms with Crippen molar-refractivity contribution in [2.75, 3.05) is 0 Å². The number of imide groups is 1. The van der Waals surface area contributed by atoms with E-state index >= 15 is 0 Å². The van der Waals surface area contributed by atoms with E-state index in [2.05, 4.69) is 40.2 Å². The number of hydrogen-bond acceptors (Lipinski definition) is 6. The fourth-order valence-corrected chi connectivity index (χ4v) is 6.72. The van der Waals surface area contributed by atoms with Gasteiger partial charge in [-0.3, -0.25) is 0 Å². The van der Waals surface area contributed by atoms with Crippen molar-refractivity contribution in [3.63, 3.8) is 0 Å². The van der Waals surface area contributed by atoms with Crippen molar-refractivity contribution in [3.8, 4) is 0 Å². The van der Waals surface area contributed by atoms with Gasteiger partial charge in [-0.1, -0.05) is 39.7 Å². The van der Waals surface area contributed by atoms with Crippen LogP contribution in [0.15, 0.2) is 46.9 Å². The smallest absolute Gasteiger partial charge is 0.420 e. The van der Waals surface area contributed by atoms with Crippen molar-refractivity contribution in [1.82, 2.24) is 4.90 Å². The Morgan fingerprint density at radius 3 is 1.74 bits per heavy atom. The van der Waals surface area contributed by atoms with Crippen LogP contribution in [0, 0.1) is 14.1 Å². The molecule has 2 aromatic rings. The van der Waals surface area contributed by atoms with Crippen molar-refractivity contribution >= 4 is 34.1 Å². The van der Waals surface area contributed by atoms with E-state index < -0.39 is 62.2 Å². The number of esters is 1. The fraction of sp³-hybridized carbons (Fsp3) is 0.500. The molecule has 0 bridgehead atoms. The monoisotopic (exact) mass is 716 g/mol. The number of nitrogens with zero attached hydrogens (tertiary/aromatic N) is 1. The van der Waals surface area contributed by atoms with Crippen LogP contribution in [-0.4, -0.2) is 45.9 Å². The molecule has 0 N–H and O–H groups in total. The molecule has 0 heterocycles. The van der Waals surface area contributed by atoms with Gasteiger partial charge in [0.05, 0.1) is 0 Å². The van der Waals surface area contributed by atoms with Crippen molar-refractivity contribution < 1.29 is 49.8 Å². The summed E-state index contributed by atoms with van der Waals surface area (Å²) >= 11 is 2.93. The Kier molecular flexibility index (Phi) is 11.0. The molecule has 0 aliphatic heterocycles. The quantitative estimate of drug-likeness (QED) is 0.252. The van der Waals surface area contributed by atoms with Crippen LogP contribution in [0.2, 0.25) is 0 Å². The van der Waals surface area contributed by atoms with Crippen LogP contribution < -0.4 is 21.2 Å². The number of carbonyl (C=O) groups excluding carboxylic acids is 3. The Labute approximate surface area is 251 Å². The summed E-state index contributed by atoms with van der Waals surface area (Å²) in [6.45, 7) is 17.4. The van der Waals surface area contributed by atoms with Crippen LogP contribution >= 0.6 is 15.9 Å². The third-order valence-corrected chi connectivity index (χ3v) is 8.24. The highest BCUT2D eigenvalue weighted by molar-refractivity contribution is 9.10. The summed E-state index contributed by atoms with van der Waals surface area (Å²) in [7, 11) is 0. The lowest BCUT2D eigenvalue weighted by Gasteiger charge is -2.33. The molecule has 0 spiro atoms. The van der Waals surface area contributed by atoms with Gasteiger partial charge < -0.3 is 14.2 Å². The van der Waals surface area contributed by atoms with Crippen LogP contribution in [0.4, 0.5) is 9.59 Å². The predicted octanol–water partition coefficient (Wildman–Crippen LogP) is 4.31. The van der Waals surface area contributed by atoms with Gasteiger partial charge in [0, 0.05) is 22.5 Å². The maximum Gasteiger partial charge on any atom is 0.420 e. The van der Waals surface area contributed by atoms with Gasteiger partial charge in [-0.05, 0) is 87.4 Å². The summed E-state index contributed by atoms with van der Waals surface area (Å²) < 4.78 is 20.0. The van der Waals surface area contributed by atoms with Gasteiger partial charge in [0.1, 0.15) is 22.8 Å². The van der Waals surface area contributed by atoms with Crippen LogP contribution in [0.5, 0.6) is 0 Å². The lowest BCUT2D eigenvalue weighted by molar-refractivity contribution is -0.598. The zero-order valence-electron chi connectivity index (χ0n) is 24.5. The standard InChI is InChI=1S/C30H40BrINO6/c1-19-11-15-22(16-12-19)32-23-18-21(31)14-13-20(23)17-24(25(34)37-28(2,3)4)33(26(35)38-29(5,6)7)27(36)39-30(8,9)10/h11-16,18,24H,17H2,1-10H3/q+1. The second kappa shape index (κ2) is 13.0. The van der Waals surface area contributed by atoms with Gasteiger partial charge in [0.25, 0.3) is 0 Å². The first-order chi connectivity index (χ1) is 17.7. The lowest BCUT2D eigenvalue weighted by Crippen LogP contribution is -3.61. The van der Waals surface area contributed by atoms with Gasteiger partial charge in [-0.25, -0.2) is 14.4 Å². The molecule has 2 amide bonds. The van der Waals surface area contributed by atoms with E-state index in [0.29, 0.717) is 0 Å². The molecule has 39 heavy (non-hydrogen) atoms. The number of aryl methyl sites for hydroxylation is 1. The predicted molar refractivity (Wildman–Crippen MR) is 150 cm³/mol. The zero-order chi connectivity index (χ0) is 29.8. The van der Waals surface area contributed by atoms with Crippen molar-refractivity contribution in [3.05, 3.63) is 65.2 Å². The zero-order valence-corrected chi connectivity index (χ0v) is 28.2. The average Bonchev–Trinajstić information content (AvgIpc) is 2.72. The maximum atomic E-state index is 13.6. The van der Waals surface area contributed by atoms with Gasteiger partial charge in [-0.15, -0.1) is 0 Å². The number of hydrogen-bond donors (Lipinski definition) is 0. The normalized spacial score (nSPS) is 12.9. The van der Waals surface area contributed by atoms with Crippen molar-refractivity contribution in [2.24, 2.45) is 0 Å². The molecular formula is C30H40BrINO6+. The van der Waals surface area contributed by atoms with E-state index in [1.54, 1.807) is 62.3 Å². The summed E-state index contributed by atoms with van der Waals surface area (Å²) in [5.41, 5.74) is -0.655. The second-order valence-electron chi connectivity index (χ2n) is 12.2. The first-order valence-electron chi connectivity index (χ1n) is 12.7. The minimum absolute atomic E-state index is 0.0432. The topological polar surface area (TPSA) is 82.1 Å². The summed E-state index contributed by atoms with van der Waals surface area (Å²) in [5, 5.41) is 0. The van der Waals surface area contributed by atoms with Crippen LogP contribution in [0.25, 0.3) is 0 Å². The number of ether oxygens (including phenoxy) is 3. The Bertz CT molecular complexity index is 1150. The Hall–Kier alpha value is -2.14. The molecule has 0 aliphatic carbocycles. The number of amides is 2. The van der Waals surface area contributed by atoms with E-state index in [9.17, 15) is 14.4 Å². The highest BCUT2D eigenvalue weighted by atomic mass is 127. The van der Waals surface area contributed by atoms with E-state index in [1.807, 2.05) is 25.1 Å². The number of benzene rings is 2. The van der Waals surface area contributed by atoms with Crippen LogP contribution in [0.1, 0.15) is 73.4 Å². The fourth-order valence-electron chi connectivity index (χ4n) is 3.30. The van der Waals surface area contributed by atoms with E-state index in [-0.39, 0.29) is 6.42 Å². The Morgan fingerprint density at radius 1 is 0.795 bits per heavy atom. The first kappa shape index (κ1) is 33.1. The lowest BCUT2D eigenvalue weighted by atomic mass is 10.0. The summed E-state index contributed by atoms with van der Waals surface area (Å²) in [6, 6.07) is 12.9. The van der Waals surface area contributed by atoms with Gasteiger partial charge in [0.2, 0.25) is 0 Å². The minimum atomic E-state index is -1.31. The van der Waals surface area contributed by atoms with Crippen LogP contribution in [0.3, 0.4) is 0 Å². The molecule has 1 atom stereocenters. The molecule has 0 saturated heterocycles. The average molecular weight is 717 g/mol. The molecule has 214 valence electrons. The molecular weight excluding hydrogens is 677 g/mol. The van der Waals surface area contributed by atoms with E-state index in [1.165, 1.54) is 9.13 Å². The maximum absolute atomic E-state index is 13.6. The van der Waals surface area contributed by atoms with Crippen molar-refractivity contribution in [2.45, 2.75) is 98.5 Å². The molecule has 0 saturated carbocycles. The highest BCUT2D eigenvalue weighted by Crippen LogP contribution is 2.23. The molecule has 2 aromatic carbocycles. The molecule has 2 rings (SSSR count). The molecule has 1 unspecified atom stereocenters. The van der Waals surface area contributed by atoms with E-state index in [0.717, 1.165) is 18.5 Å². The summed E-state index contributed by atoms with van der Waals surface area (Å²) in [5.74, 6) is -0.721. The number of rotatable bonds is 6. The summed E-state index contributed by atoms with van der Waals surface area (Å²) in [4.78, 5) is 41.3.